The third kappa shape index (κ3) is 2.84. The summed E-state index contributed by atoms with van der Waals surface area (Å²) in [5, 5.41) is 20.5. The largest absolute Gasteiger partial charge is 0.481 e. The lowest BCUT2D eigenvalue weighted by Gasteiger charge is -2.46. The first-order valence-electron chi connectivity index (χ1n) is 11.6. The van der Waals surface area contributed by atoms with Crippen molar-refractivity contribution in [2.45, 2.75) is 36.3 Å². The predicted molar refractivity (Wildman–Crippen MR) is 124 cm³/mol. The van der Waals surface area contributed by atoms with Crippen LogP contribution in [0.3, 0.4) is 0 Å². The number of rotatable bonds is 5. The summed E-state index contributed by atoms with van der Waals surface area (Å²) in [5.41, 5.74) is -0.388. The standard InChI is InChI=1S/C26H21N3O7/c30-21-19(24(32)33)18-13-27-22(36-18)20(25(34)35)26(21,14-5-2-1-3-6-14)28-12-4-7-17(28)23(31)29-15-8-9-16(29)11-10-15/h1-3,5-6,8-11,13,17,19-20H,4,7,12H2,(H,32,33)(H,34,35). The average Bonchev–Trinajstić information content (AvgIpc) is 3.65. The summed E-state index contributed by atoms with van der Waals surface area (Å²) in [4.78, 5) is 59.2. The second-order valence-electron chi connectivity index (χ2n) is 9.18. The number of aliphatic carboxylic acids is 2. The van der Waals surface area contributed by atoms with Gasteiger partial charge >= 0.3 is 11.9 Å². The first kappa shape index (κ1) is 22.2. The quantitative estimate of drug-likeness (QED) is 0.406. The van der Waals surface area contributed by atoms with Gasteiger partial charge in [-0.05, 0) is 42.7 Å². The minimum Gasteiger partial charge on any atom is -0.481 e. The highest BCUT2D eigenvalue weighted by Gasteiger charge is 2.64. The van der Waals surface area contributed by atoms with Gasteiger partial charge in [0.2, 0.25) is 11.8 Å². The molecule has 10 heteroatoms. The molecule has 4 atom stereocenters. The zero-order chi connectivity index (χ0) is 25.2. The van der Waals surface area contributed by atoms with Gasteiger partial charge in [0.15, 0.2) is 17.6 Å². The molecule has 0 aliphatic carbocycles. The molecule has 1 saturated heterocycles. The molecule has 182 valence electrons. The molecule has 1 aromatic carbocycles. The van der Waals surface area contributed by atoms with Crippen LogP contribution in [0.15, 0.2) is 65.2 Å². The summed E-state index contributed by atoms with van der Waals surface area (Å²) in [6, 6.07) is 14.6. The Morgan fingerprint density at radius 1 is 0.972 bits per heavy atom. The molecule has 4 aromatic rings. The van der Waals surface area contributed by atoms with Crippen molar-refractivity contribution in [3.63, 3.8) is 0 Å². The molecule has 6 rings (SSSR count). The van der Waals surface area contributed by atoms with Crippen LogP contribution in [0, 0.1) is 0 Å². The zero-order valence-corrected chi connectivity index (χ0v) is 18.9. The van der Waals surface area contributed by atoms with E-state index < -0.39 is 41.1 Å². The van der Waals surface area contributed by atoms with E-state index in [9.17, 15) is 29.4 Å². The molecule has 5 heterocycles. The molecule has 2 aliphatic rings. The van der Waals surface area contributed by atoms with Gasteiger partial charge in [0.1, 0.15) is 11.3 Å². The number of hydrogen-bond acceptors (Lipinski definition) is 7. The normalized spacial score (nSPS) is 26.3. The fraction of sp³-hybridized carbons (Fsp3) is 0.269. The molecule has 4 unspecified atom stereocenters. The topological polar surface area (TPSA) is 143 Å². The fourth-order valence-electron chi connectivity index (χ4n) is 5.98. The van der Waals surface area contributed by atoms with E-state index in [0.29, 0.717) is 23.9 Å². The lowest BCUT2D eigenvalue weighted by Crippen LogP contribution is -2.62. The van der Waals surface area contributed by atoms with E-state index >= 15 is 0 Å². The Hall–Kier alpha value is -4.31. The van der Waals surface area contributed by atoms with E-state index in [2.05, 4.69) is 4.98 Å². The minimum atomic E-state index is -2.04. The van der Waals surface area contributed by atoms with Crippen molar-refractivity contribution in [1.82, 2.24) is 14.5 Å². The summed E-state index contributed by atoms with van der Waals surface area (Å²) in [5.74, 6) is -8.02. The summed E-state index contributed by atoms with van der Waals surface area (Å²) < 4.78 is 7.15. The zero-order valence-electron chi connectivity index (χ0n) is 18.9. The smallest absolute Gasteiger partial charge is 0.322 e. The summed E-state index contributed by atoms with van der Waals surface area (Å²) in [7, 11) is 0. The molecule has 0 radical (unpaired) electrons. The third-order valence-corrected chi connectivity index (χ3v) is 7.41. The Bertz CT molecular complexity index is 1460. The first-order valence-corrected chi connectivity index (χ1v) is 11.6. The molecule has 4 bridgehead atoms. The Kier molecular flexibility index (Phi) is 4.84. The second kappa shape index (κ2) is 7.85. The monoisotopic (exact) mass is 487 g/mol. The van der Waals surface area contributed by atoms with Gasteiger partial charge in [-0.25, -0.2) is 4.98 Å². The van der Waals surface area contributed by atoms with Crippen LogP contribution in [0.4, 0.5) is 0 Å². The number of ketones is 1. The van der Waals surface area contributed by atoms with Gasteiger partial charge in [0.05, 0.1) is 12.2 Å². The van der Waals surface area contributed by atoms with Crippen LogP contribution < -0.4 is 0 Å². The van der Waals surface area contributed by atoms with Crippen LogP contribution in [-0.2, 0) is 19.9 Å². The highest BCUT2D eigenvalue weighted by molar-refractivity contribution is 6.11. The van der Waals surface area contributed by atoms with Crippen molar-refractivity contribution < 1.29 is 33.8 Å². The van der Waals surface area contributed by atoms with E-state index in [-0.39, 0.29) is 29.7 Å². The number of hydrogen-bond donors (Lipinski definition) is 2. The lowest BCUT2D eigenvalue weighted by atomic mass is 9.69. The van der Waals surface area contributed by atoms with Crippen LogP contribution in [0.25, 0.3) is 11.0 Å². The molecule has 0 saturated carbocycles. The van der Waals surface area contributed by atoms with Gasteiger partial charge < -0.3 is 14.6 Å². The van der Waals surface area contributed by atoms with Gasteiger partial charge in [0.25, 0.3) is 0 Å². The number of likely N-dealkylation sites (tertiary alicyclic amines) is 1. The van der Waals surface area contributed by atoms with Gasteiger partial charge in [-0.2, -0.15) is 0 Å². The molecule has 10 nitrogen and oxygen atoms in total. The van der Waals surface area contributed by atoms with E-state index in [1.54, 1.807) is 39.8 Å². The SMILES string of the molecule is O=C(O)C1C(=O)C(c2ccccc2)(N2CCCC2C(=O)n2c3ccc2cc3)C(C(=O)O)c2ncc1o2. The summed E-state index contributed by atoms with van der Waals surface area (Å²) in [6.45, 7) is 0.207. The molecule has 1 fully saturated rings. The number of carboxylic acids is 2. The summed E-state index contributed by atoms with van der Waals surface area (Å²) in [6.07, 6.45) is 1.98. The van der Waals surface area contributed by atoms with Crippen LogP contribution in [-0.4, -0.2) is 60.9 Å². The van der Waals surface area contributed by atoms with Crippen molar-refractivity contribution in [3.8, 4) is 0 Å². The molecule has 2 aliphatic heterocycles. The van der Waals surface area contributed by atoms with Gasteiger partial charge in [-0.3, -0.25) is 28.6 Å². The Morgan fingerprint density at radius 2 is 1.64 bits per heavy atom. The van der Waals surface area contributed by atoms with Crippen molar-refractivity contribution in [1.29, 1.82) is 0 Å². The van der Waals surface area contributed by atoms with Gasteiger partial charge in [-0.1, -0.05) is 30.3 Å². The number of carbonyl (C=O) groups is 4. The van der Waals surface area contributed by atoms with E-state index in [0.717, 1.165) is 6.20 Å². The van der Waals surface area contributed by atoms with Crippen LogP contribution in [0.5, 0.6) is 0 Å². The molecule has 0 spiro atoms. The number of nitrogens with zero attached hydrogens (tertiary/aromatic N) is 3. The van der Waals surface area contributed by atoms with E-state index in [1.165, 1.54) is 0 Å². The van der Waals surface area contributed by atoms with E-state index in [4.69, 9.17) is 4.42 Å². The van der Waals surface area contributed by atoms with Gasteiger partial charge in [0, 0.05) is 17.6 Å². The van der Waals surface area contributed by atoms with Crippen LogP contribution in [0.1, 0.15) is 46.7 Å². The predicted octanol–water partition coefficient (Wildman–Crippen LogP) is 2.69. The number of carboxylic acid groups (broad SMARTS) is 2. The fourth-order valence-corrected chi connectivity index (χ4v) is 5.98. The summed E-state index contributed by atoms with van der Waals surface area (Å²) >= 11 is 0. The number of Topliss-reactive ketones (excluding diaryl/α,β-unsaturated/α-hetero) is 1. The molecular formula is C26H21N3O7. The van der Waals surface area contributed by atoms with Crippen molar-refractivity contribution in [3.05, 3.63) is 78.0 Å². The average molecular weight is 487 g/mol. The highest BCUT2D eigenvalue weighted by Crippen LogP contribution is 2.51. The van der Waals surface area contributed by atoms with Crippen molar-refractivity contribution in [2.75, 3.05) is 6.54 Å². The molecular weight excluding hydrogens is 466 g/mol. The van der Waals surface area contributed by atoms with Crippen molar-refractivity contribution in [2.24, 2.45) is 0 Å². The Balaban J connectivity index is 1.62. The van der Waals surface area contributed by atoms with E-state index in [1.807, 2.05) is 24.3 Å². The number of oxazole rings is 1. The maximum atomic E-state index is 14.4. The molecule has 3 aromatic heterocycles. The highest BCUT2D eigenvalue weighted by atomic mass is 16.4. The molecule has 0 amide bonds. The number of aromatic nitrogens is 2. The maximum Gasteiger partial charge on any atom is 0.322 e. The minimum absolute atomic E-state index is 0.207. The number of fused-ring (bicyclic) bond motifs is 4. The first-order chi connectivity index (χ1) is 17.4. The Labute approximate surface area is 204 Å². The maximum absolute atomic E-state index is 14.4. The third-order valence-electron chi connectivity index (χ3n) is 7.41. The Morgan fingerprint density at radius 3 is 2.25 bits per heavy atom. The molecule has 2 N–H and O–H groups in total. The van der Waals surface area contributed by atoms with Crippen molar-refractivity contribution >= 4 is 34.7 Å². The second-order valence-corrected chi connectivity index (χ2v) is 9.18. The number of carbonyl (C=O) groups excluding carboxylic acids is 2. The molecule has 36 heavy (non-hydrogen) atoms. The lowest BCUT2D eigenvalue weighted by molar-refractivity contribution is -0.155. The van der Waals surface area contributed by atoms with Gasteiger partial charge in [-0.15, -0.1) is 0 Å². The van der Waals surface area contributed by atoms with Crippen LogP contribution >= 0.6 is 0 Å². The van der Waals surface area contributed by atoms with Crippen LogP contribution in [0.2, 0.25) is 0 Å². The number of benzene rings is 2.